The van der Waals surface area contributed by atoms with Crippen molar-refractivity contribution in [2.24, 2.45) is 5.92 Å². The lowest BCUT2D eigenvalue weighted by atomic mass is 9.75. The van der Waals surface area contributed by atoms with Crippen LogP contribution in [0.25, 0.3) is 0 Å². The van der Waals surface area contributed by atoms with Crippen LogP contribution in [0.4, 0.5) is 0 Å². The van der Waals surface area contributed by atoms with Crippen LogP contribution in [0.5, 0.6) is 0 Å². The molecule has 0 unspecified atom stereocenters. The standard InChI is InChI=1S/C17H22N2O3/c1-11(20)22-14-5-6-18-9-12-7-13(16(18)8-14)10-19-15(12)3-2-4-17(19)21/h2-4,12-14,16H,5-10H2,1H3/t12-,13+,14+,16-/m1/s1. The molecule has 2 fully saturated rings. The summed E-state index contributed by atoms with van der Waals surface area (Å²) in [6, 6.07) is 6.08. The average Bonchev–Trinajstić information content (AvgIpc) is 2.49. The van der Waals surface area contributed by atoms with Crippen molar-refractivity contribution in [1.82, 2.24) is 9.47 Å². The number of pyridine rings is 1. The summed E-state index contributed by atoms with van der Waals surface area (Å²) in [5, 5.41) is 0. The van der Waals surface area contributed by atoms with Gasteiger partial charge in [-0.3, -0.25) is 14.5 Å². The van der Waals surface area contributed by atoms with E-state index in [1.165, 1.54) is 12.6 Å². The summed E-state index contributed by atoms with van der Waals surface area (Å²) in [6.45, 7) is 4.31. The van der Waals surface area contributed by atoms with Crippen LogP contribution >= 0.6 is 0 Å². The first-order valence-electron chi connectivity index (χ1n) is 8.23. The molecule has 3 aliphatic heterocycles. The van der Waals surface area contributed by atoms with Crippen molar-refractivity contribution in [3.05, 3.63) is 34.2 Å². The maximum Gasteiger partial charge on any atom is 0.302 e. The number of fused-ring (bicyclic) bond motifs is 6. The molecule has 4 atom stereocenters. The molecule has 4 rings (SSSR count). The first-order chi connectivity index (χ1) is 10.6. The van der Waals surface area contributed by atoms with Crippen LogP contribution in [-0.2, 0) is 16.1 Å². The number of hydrogen-bond acceptors (Lipinski definition) is 4. The zero-order chi connectivity index (χ0) is 15.3. The molecule has 22 heavy (non-hydrogen) atoms. The largest absolute Gasteiger partial charge is 0.462 e. The Kier molecular flexibility index (Phi) is 3.33. The smallest absolute Gasteiger partial charge is 0.302 e. The van der Waals surface area contributed by atoms with E-state index in [4.69, 9.17) is 4.74 Å². The molecule has 118 valence electrons. The van der Waals surface area contributed by atoms with Gasteiger partial charge in [-0.05, 0) is 24.8 Å². The van der Waals surface area contributed by atoms with Gasteiger partial charge in [-0.2, -0.15) is 0 Å². The zero-order valence-electron chi connectivity index (χ0n) is 12.9. The number of rotatable bonds is 1. The summed E-state index contributed by atoms with van der Waals surface area (Å²) in [7, 11) is 0. The molecule has 0 spiro atoms. The second-order valence-electron chi connectivity index (χ2n) is 6.91. The summed E-state index contributed by atoms with van der Waals surface area (Å²) >= 11 is 0. The van der Waals surface area contributed by atoms with Gasteiger partial charge in [0, 0.05) is 56.7 Å². The molecule has 5 nitrogen and oxygen atoms in total. The van der Waals surface area contributed by atoms with E-state index in [9.17, 15) is 9.59 Å². The molecule has 1 aromatic rings. The molecule has 0 saturated carbocycles. The molecule has 2 saturated heterocycles. The Labute approximate surface area is 129 Å². The van der Waals surface area contributed by atoms with Crippen LogP contribution in [0.1, 0.15) is 37.8 Å². The highest BCUT2D eigenvalue weighted by atomic mass is 16.5. The third-order valence-electron chi connectivity index (χ3n) is 5.55. The lowest BCUT2D eigenvalue weighted by Crippen LogP contribution is -2.57. The summed E-state index contributed by atoms with van der Waals surface area (Å²) < 4.78 is 7.40. The fraction of sp³-hybridized carbons (Fsp3) is 0.647. The van der Waals surface area contributed by atoms with E-state index in [-0.39, 0.29) is 17.6 Å². The fourth-order valence-electron chi connectivity index (χ4n) is 4.68. The van der Waals surface area contributed by atoms with Crippen LogP contribution in [0, 0.1) is 5.92 Å². The number of carbonyl (C=O) groups is 1. The predicted molar refractivity (Wildman–Crippen MR) is 81.7 cm³/mol. The van der Waals surface area contributed by atoms with Gasteiger partial charge in [0.1, 0.15) is 6.10 Å². The predicted octanol–water partition coefficient (Wildman–Crippen LogP) is 1.36. The van der Waals surface area contributed by atoms with Crippen molar-refractivity contribution in [3.63, 3.8) is 0 Å². The Balaban J connectivity index is 1.60. The first-order valence-corrected chi connectivity index (χ1v) is 8.23. The third kappa shape index (κ3) is 2.28. The maximum atomic E-state index is 12.1. The molecule has 0 aromatic carbocycles. The Morgan fingerprint density at radius 2 is 2.14 bits per heavy atom. The summed E-state index contributed by atoms with van der Waals surface area (Å²) in [5.74, 6) is 0.774. The molecular formula is C17H22N2O3. The van der Waals surface area contributed by atoms with Crippen LogP contribution < -0.4 is 5.56 Å². The van der Waals surface area contributed by atoms with E-state index >= 15 is 0 Å². The Morgan fingerprint density at radius 3 is 2.95 bits per heavy atom. The van der Waals surface area contributed by atoms with Crippen molar-refractivity contribution in [2.75, 3.05) is 13.1 Å². The minimum absolute atomic E-state index is 0.0455. The third-order valence-corrected chi connectivity index (χ3v) is 5.55. The number of piperidine rings is 2. The number of ether oxygens (including phenoxy) is 1. The summed E-state index contributed by atoms with van der Waals surface area (Å²) in [4.78, 5) is 25.9. The molecule has 4 heterocycles. The molecule has 3 aliphatic rings. The topological polar surface area (TPSA) is 51.5 Å². The molecule has 1 aromatic heterocycles. The van der Waals surface area contributed by atoms with Crippen molar-refractivity contribution >= 4 is 5.97 Å². The highest BCUT2D eigenvalue weighted by Crippen LogP contribution is 2.41. The molecule has 0 radical (unpaired) electrons. The molecule has 5 heteroatoms. The number of aromatic nitrogens is 1. The van der Waals surface area contributed by atoms with Crippen molar-refractivity contribution in [2.45, 2.75) is 50.8 Å². The highest BCUT2D eigenvalue weighted by molar-refractivity contribution is 5.66. The minimum atomic E-state index is -0.183. The summed E-state index contributed by atoms with van der Waals surface area (Å²) in [5.41, 5.74) is 1.32. The summed E-state index contributed by atoms with van der Waals surface area (Å²) in [6.07, 6.45) is 3.03. The number of nitrogens with zero attached hydrogens (tertiary/aromatic N) is 2. The number of carbonyl (C=O) groups excluding carboxylic acids is 1. The van der Waals surface area contributed by atoms with Gasteiger partial charge in [0.15, 0.2) is 0 Å². The van der Waals surface area contributed by atoms with Gasteiger partial charge in [-0.1, -0.05) is 6.07 Å². The molecular weight excluding hydrogens is 280 g/mol. The minimum Gasteiger partial charge on any atom is -0.462 e. The lowest BCUT2D eigenvalue weighted by molar-refractivity contribution is -0.151. The van der Waals surface area contributed by atoms with Gasteiger partial charge < -0.3 is 9.30 Å². The first kappa shape index (κ1) is 14.0. The van der Waals surface area contributed by atoms with Crippen LogP contribution in [0.2, 0.25) is 0 Å². The number of hydrogen-bond donors (Lipinski definition) is 0. The maximum absolute atomic E-state index is 12.1. The normalized spacial score (nSPS) is 33.7. The van der Waals surface area contributed by atoms with Crippen molar-refractivity contribution in [1.29, 1.82) is 0 Å². The van der Waals surface area contributed by atoms with E-state index in [0.29, 0.717) is 17.9 Å². The van der Waals surface area contributed by atoms with Gasteiger partial charge in [-0.25, -0.2) is 0 Å². The molecule has 0 aliphatic carbocycles. The van der Waals surface area contributed by atoms with Crippen LogP contribution in [0.3, 0.4) is 0 Å². The van der Waals surface area contributed by atoms with E-state index < -0.39 is 0 Å². The van der Waals surface area contributed by atoms with Gasteiger partial charge in [0.25, 0.3) is 5.56 Å². The second kappa shape index (κ2) is 5.23. The Bertz CT molecular complexity index is 654. The Morgan fingerprint density at radius 1 is 1.27 bits per heavy atom. The number of esters is 1. The highest BCUT2D eigenvalue weighted by Gasteiger charge is 2.44. The van der Waals surface area contributed by atoms with Crippen molar-refractivity contribution in [3.8, 4) is 0 Å². The molecule has 2 bridgehead atoms. The van der Waals surface area contributed by atoms with Gasteiger partial charge in [0.2, 0.25) is 0 Å². The van der Waals surface area contributed by atoms with Gasteiger partial charge in [-0.15, -0.1) is 0 Å². The molecule has 0 amide bonds. The second-order valence-corrected chi connectivity index (χ2v) is 6.91. The average molecular weight is 302 g/mol. The van der Waals surface area contributed by atoms with Crippen LogP contribution in [-0.4, -0.2) is 40.7 Å². The van der Waals surface area contributed by atoms with Gasteiger partial charge >= 0.3 is 5.97 Å². The zero-order valence-corrected chi connectivity index (χ0v) is 12.9. The van der Waals surface area contributed by atoms with E-state index in [1.807, 2.05) is 10.6 Å². The quantitative estimate of drug-likeness (QED) is 0.735. The van der Waals surface area contributed by atoms with Gasteiger partial charge in [0.05, 0.1) is 0 Å². The SMILES string of the molecule is CC(=O)O[C@H]1CCN2C[C@H]3C[C@@H](Cn4c3cccc4=O)[C@H]2C1. The van der Waals surface area contributed by atoms with Crippen molar-refractivity contribution < 1.29 is 9.53 Å². The lowest BCUT2D eigenvalue weighted by Gasteiger charge is -2.51. The monoisotopic (exact) mass is 302 g/mol. The van der Waals surface area contributed by atoms with Crippen LogP contribution in [0.15, 0.2) is 23.0 Å². The van der Waals surface area contributed by atoms with E-state index in [1.54, 1.807) is 6.07 Å². The molecule has 0 N–H and O–H groups in total. The van der Waals surface area contributed by atoms with E-state index in [0.717, 1.165) is 38.9 Å². The Hall–Kier alpha value is -1.62. The fourth-order valence-corrected chi connectivity index (χ4v) is 4.68. The van der Waals surface area contributed by atoms with E-state index in [2.05, 4.69) is 11.0 Å².